The topological polar surface area (TPSA) is 81.2 Å². The van der Waals surface area contributed by atoms with Crippen molar-refractivity contribution in [1.82, 2.24) is 14.2 Å². The van der Waals surface area contributed by atoms with E-state index < -0.39 is 0 Å². The van der Waals surface area contributed by atoms with Gasteiger partial charge in [-0.3, -0.25) is 4.90 Å². The fourth-order valence-electron chi connectivity index (χ4n) is 2.06. The Bertz CT molecular complexity index is 451. The fraction of sp³-hybridized carbons (Fsp3) is 0.636. The van der Waals surface area contributed by atoms with Gasteiger partial charge in [0.25, 0.3) is 0 Å². The average molecular weight is 266 g/mol. The molecule has 1 aromatic heterocycles. The lowest BCUT2D eigenvalue weighted by Gasteiger charge is -2.37. The maximum Gasteiger partial charge on any atom is 0.157 e. The van der Waals surface area contributed by atoms with E-state index >= 15 is 0 Å². The number of nitriles is 1. The average Bonchev–Trinajstić information content (AvgIpc) is 2.71. The fourth-order valence-corrected chi connectivity index (χ4v) is 2.73. The molecule has 1 saturated heterocycles. The van der Waals surface area contributed by atoms with Gasteiger partial charge in [0.2, 0.25) is 0 Å². The van der Waals surface area contributed by atoms with E-state index in [9.17, 15) is 0 Å². The van der Waals surface area contributed by atoms with E-state index in [-0.39, 0.29) is 0 Å². The lowest BCUT2D eigenvalue weighted by molar-refractivity contribution is 0.122. The monoisotopic (exact) mass is 266 g/mol. The summed E-state index contributed by atoms with van der Waals surface area (Å²) in [6.07, 6.45) is 0. The van der Waals surface area contributed by atoms with Gasteiger partial charge in [-0.15, -0.1) is 0 Å². The van der Waals surface area contributed by atoms with Gasteiger partial charge in [-0.05, 0) is 25.6 Å². The number of piperazine rings is 1. The Morgan fingerprint density at radius 2 is 2.33 bits per heavy atom. The minimum Gasteiger partial charge on any atom is -0.382 e. The van der Waals surface area contributed by atoms with E-state index in [1.807, 2.05) is 0 Å². The summed E-state index contributed by atoms with van der Waals surface area (Å²) in [6, 6.07) is 2.53. The lowest BCUT2D eigenvalue weighted by Crippen LogP contribution is -2.52. The molecule has 0 aromatic carbocycles. The van der Waals surface area contributed by atoms with Crippen LogP contribution in [0.4, 0.5) is 10.8 Å². The minimum absolute atomic E-state index is 0.319. The summed E-state index contributed by atoms with van der Waals surface area (Å²) in [5.74, 6) is 0.319. The van der Waals surface area contributed by atoms with Crippen molar-refractivity contribution < 1.29 is 0 Å². The van der Waals surface area contributed by atoms with Gasteiger partial charge in [0.15, 0.2) is 5.82 Å². The highest BCUT2D eigenvalue weighted by Crippen LogP contribution is 2.25. The molecular weight excluding hydrogens is 248 g/mol. The predicted octanol–water partition coefficient (Wildman–Crippen LogP) is 0.255. The van der Waals surface area contributed by atoms with E-state index in [2.05, 4.69) is 39.7 Å². The molecule has 2 rings (SSSR count). The molecular formula is C11H18N6S. The smallest absolute Gasteiger partial charge is 0.157 e. The van der Waals surface area contributed by atoms with Crippen molar-refractivity contribution in [3.05, 3.63) is 5.56 Å². The molecule has 0 aliphatic carbocycles. The molecule has 1 aliphatic rings. The molecule has 6 nitrogen and oxygen atoms in total. The van der Waals surface area contributed by atoms with Crippen molar-refractivity contribution in [3.63, 3.8) is 0 Å². The molecule has 0 amide bonds. The van der Waals surface area contributed by atoms with Gasteiger partial charge in [0, 0.05) is 32.2 Å². The van der Waals surface area contributed by atoms with Crippen LogP contribution in [-0.2, 0) is 0 Å². The van der Waals surface area contributed by atoms with Crippen molar-refractivity contribution in [2.24, 2.45) is 0 Å². The second kappa shape index (κ2) is 5.52. The van der Waals surface area contributed by atoms with Crippen molar-refractivity contribution in [3.8, 4) is 6.07 Å². The molecule has 98 valence electrons. The normalized spacial score (nSPS) is 21.7. The molecule has 0 radical (unpaired) electrons. The molecule has 3 N–H and O–H groups in total. The van der Waals surface area contributed by atoms with Crippen LogP contribution in [-0.4, -0.2) is 60.5 Å². The van der Waals surface area contributed by atoms with Crippen LogP contribution in [0, 0.1) is 11.3 Å². The van der Waals surface area contributed by atoms with Gasteiger partial charge in [-0.25, -0.2) is 0 Å². The molecule has 0 saturated carbocycles. The van der Waals surface area contributed by atoms with Crippen molar-refractivity contribution in [1.29, 1.82) is 5.26 Å². The first kappa shape index (κ1) is 13.1. The van der Waals surface area contributed by atoms with Gasteiger partial charge >= 0.3 is 0 Å². The Balaban J connectivity index is 1.96. The Labute approximate surface area is 111 Å². The summed E-state index contributed by atoms with van der Waals surface area (Å²) >= 11 is 1.25. The third kappa shape index (κ3) is 2.72. The van der Waals surface area contributed by atoms with Crippen LogP contribution in [0.1, 0.15) is 5.56 Å². The summed E-state index contributed by atoms with van der Waals surface area (Å²) in [5, 5.41) is 13.1. The van der Waals surface area contributed by atoms with Crippen LogP contribution in [0.3, 0.4) is 0 Å². The standard InChI is InChI=1S/C11H18N6S/c1-16-3-4-17(2)8(7-16)6-14-11-9(5-12)10(13)15-18-11/h8,14H,3-4,6-7H2,1-2H3,(H2,13,15). The summed E-state index contributed by atoms with van der Waals surface area (Å²) in [5.41, 5.74) is 6.09. The minimum atomic E-state index is 0.319. The van der Waals surface area contributed by atoms with Gasteiger partial charge in [0.05, 0.1) is 0 Å². The molecule has 7 heteroatoms. The van der Waals surface area contributed by atoms with E-state index in [1.54, 1.807) is 0 Å². The number of anilines is 2. The van der Waals surface area contributed by atoms with Gasteiger partial charge in [-0.2, -0.15) is 9.64 Å². The van der Waals surface area contributed by atoms with E-state index in [1.165, 1.54) is 11.5 Å². The van der Waals surface area contributed by atoms with Crippen LogP contribution < -0.4 is 11.1 Å². The van der Waals surface area contributed by atoms with Crippen LogP contribution in [0.5, 0.6) is 0 Å². The maximum absolute atomic E-state index is 9.00. The van der Waals surface area contributed by atoms with E-state index in [0.29, 0.717) is 17.4 Å². The second-order valence-electron chi connectivity index (χ2n) is 4.66. The number of aromatic nitrogens is 1. The third-order valence-electron chi connectivity index (χ3n) is 3.31. The Morgan fingerprint density at radius 3 is 3.06 bits per heavy atom. The number of nitrogens with zero attached hydrogens (tertiary/aromatic N) is 4. The number of rotatable bonds is 3. The first-order valence-electron chi connectivity index (χ1n) is 5.89. The summed E-state index contributed by atoms with van der Waals surface area (Å²) in [7, 11) is 4.26. The molecule has 2 heterocycles. The molecule has 1 atom stereocenters. The highest BCUT2D eigenvalue weighted by Gasteiger charge is 2.22. The summed E-state index contributed by atoms with van der Waals surface area (Å²) in [6.45, 7) is 4.00. The molecule has 1 aromatic rings. The zero-order valence-electron chi connectivity index (χ0n) is 10.7. The van der Waals surface area contributed by atoms with E-state index in [0.717, 1.165) is 31.2 Å². The van der Waals surface area contributed by atoms with Crippen molar-refractivity contribution >= 4 is 22.4 Å². The predicted molar refractivity (Wildman–Crippen MR) is 73.6 cm³/mol. The Kier molecular flexibility index (Phi) is 4.01. The maximum atomic E-state index is 9.00. The van der Waals surface area contributed by atoms with Gasteiger partial charge in [-0.1, -0.05) is 0 Å². The summed E-state index contributed by atoms with van der Waals surface area (Å²) < 4.78 is 4.00. The zero-order valence-corrected chi connectivity index (χ0v) is 11.5. The van der Waals surface area contributed by atoms with Crippen LogP contribution in [0.15, 0.2) is 0 Å². The Hall–Kier alpha value is -1.36. The third-order valence-corrected chi connectivity index (χ3v) is 4.13. The van der Waals surface area contributed by atoms with Crippen molar-refractivity contribution in [2.75, 3.05) is 51.3 Å². The molecule has 0 bridgehead atoms. The van der Waals surface area contributed by atoms with Gasteiger partial charge in [0.1, 0.15) is 16.6 Å². The van der Waals surface area contributed by atoms with Crippen molar-refractivity contribution in [2.45, 2.75) is 6.04 Å². The molecule has 1 fully saturated rings. The number of nitrogens with two attached hydrogens (primary N) is 1. The van der Waals surface area contributed by atoms with Gasteiger partial charge < -0.3 is 16.0 Å². The first-order chi connectivity index (χ1) is 8.61. The molecule has 1 unspecified atom stereocenters. The number of nitrogen functional groups attached to an aromatic ring is 1. The number of hydrogen-bond acceptors (Lipinski definition) is 7. The molecule has 18 heavy (non-hydrogen) atoms. The van der Waals surface area contributed by atoms with Crippen LogP contribution in [0.25, 0.3) is 0 Å². The summed E-state index contributed by atoms with van der Waals surface area (Å²) in [4.78, 5) is 4.65. The highest BCUT2D eigenvalue weighted by atomic mass is 32.1. The number of likely N-dealkylation sites (N-methyl/N-ethyl adjacent to an activating group) is 2. The quantitative estimate of drug-likeness (QED) is 0.816. The Morgan fingerprint density at radius 1 is 1.56 bits per heavy atom. The molecule has 1 aliphatic heterocycles. The highest BCUT2D eigenvalue weighted by molar-refractivity contribution is 7.10. The molecule has 0 spiro atoms. The lowest BCUT2D eigenvalue weighted by atomic mass is 10.2. The largest absolute Gasteiger partial charge is 0.382 e. The zero-order chi connectivity index (χ0) is 13.1. The second-order valence-corrected chi connectivity index (χ2v) is 5.43. The SMILES string of the molecule is CN1CCN(C)C(CNc2snc(N)c2C#N)C1. The number of hydrogen-bond donors (Lipinski definition) is 2. The van der Waals surface area contributed by atoms with E-state index in [4.69, 9.17) is 11.0 Å². The first-order valence-corrected chi connectivity index (χ1v) is 6.67. The number of nitrogens with one attached hydrogen (secondary N) is 1. The van der Waals surface area contributed by atoms with Crippen LogP contribution in [0.2, 0.25) is 0 Å². The van der Waals surface area contributed by atoms with Crippen LogP contribution >= 0.6 is 11.5 Å².